The van der Waals surface area contributed by atoms with Crippen LogP contribution in [0.5, 0.6) is 0 Å². The Kier molecular flexibility index (Phi) is 5.90. The molecule has 10 nitrogen and oxygen atoms in total. The van der Waals surface area contributed by atoms with Gasteiger partial charge in [-0.2, -0.15) is 9.61 Å². The lowest BCUT2D eigenvalue weighted by atomic mass is 10.1. The Hall–Kier alpha value is -4.64. The van der Waals surface area contributed by atoms with Crippen molar-refractivity contribution < 1.29 is 14.1 Å². The van der Waals surface area contributed by atoms with Crippen LogP contribution in [0, 0.1) is 10.1 Å². The first-order valence-corrected chi connectivity index (χ1v) is 11.5. The van der Waals surface area contributed by atoms with E-state index in [0.29, 0.717) is 22.8 Å². The Morgan fingerprint density at radius 2 is 1.94 bits per heavy atom. The number of benzene rings is 2. The van der Waals surface area contributed by atoms with E-state index in [1.807, 2.05) is 19.1 Å². The van der Waals surface area contributed by atoms with Gasteiger partial charge in [0.25, 0.3) is 5.69 Å². The van der Waals surface area contributed by atoms with Crippen LogP contribution in [0.1, 0.15) is 18.5 Å². The van der Waals surface area contributed by atoms with E-state index in [0.717, 1.165) is 27.8 Å². The molecular weight excluding hydrogens is 468 g/mol. The van der Waals surface area contributed by atoms with E-state index >= 15 is 0 Å². The second-order valence-electron chi connectivity index (χ2n) is 7.45. The van der Waals surface area contributed by atoms with Gasteiger partial charge in [0.05, 0.1) is 10.5 Å². The summed E-state index contributed by atoms with van der Waals surface area (Å²) < 4.78 is 7.42. The average Bonchev–Trinajstić information content (AvgIpc) is 3.59. The number of carbonyl (C=O) groups is 1. The van der Waals surface area contributed by atoms with Gasteiger partial charge < -0.3 is 9.73 Å². The molecule has 0 saturated heterocycles. The number of nitrogens with one attached hydrogen (secondary N) is 1. The van der Waals surface area contributed by atoms with E-state index in [4.69, 9.17) is 4.42 Å². The van der Waals surface area contributed by atoms with E-state index in [1.165, 1.54) is 29.6 Å². The van der Waals surface area contributed by atoms with Crippen molar-refractivity contribution in [3.8, 4) is 21.9 Å². The predicted octanol–water partition coefficient (Wildman–Crippen LogP) is 5.24. The number of fused-ring (bicyclic) bond motifs is 1. The Balaban J connectivity index is 1.25. The van der Waals surface area contributed by atoms with Crippen molar-refractivity contribution in [2.24, 2.45) is 0 Å². The molecule has 174 valence electrons. The van der Waals surface area contributed by atoms with Crippen molar-refractivity contribution in [2.45, 2.75) is 13.3 Å². The zero-order chi connectivity index (χ0) is 24.4. The van der Waals surface area contributed by atoms with Gasteiger partial charge in [-0.15, -0.1) is 10.2 Å². The molecule has 11 heteroatoms. The number of furan rings is 1. The minimum atomic E-state index is -0.460. The van der Waals surface area contributed by atoms with Crippen LogP contribution >= 0.6 is 11.3 Å². The summed E-state index contributed by atoms with van der Waals surface area (Å²) in [6.45, 7) is 2.00. The summed E-state index contributed by atoms with van der Waals surface area (Å²) in [4.78, 5) is 23.9. The highest BCUT2D eigenvalue weighted by Gasteiger charge is 2.17. The quantitative estimate of drug-likeness (QED) is 0.189. The summed E-state index contributed by atoms with van der Waals surface area (Å²) in [5, 5.41) is 27.6. The van der Waals surface area contributed by atoms with Crippen LogP contribution in [0.3, 0.4) is 0 Å². The highest BCUT2D eigenvalue weighted by atomic mass is 32.1. The molecule has 3 heterocycles. The summed E-state index contributed by atoms with van der Waals surface area (Å²) in [6.07, 6.45) is 3.59. The van der Waals surface area contributed by atoms with Crippen LogP contribution in [-0.4, -0.2) is 30.6 Å². The second kappa shape index (κ2) is 9.31. The number of nitro groups is 1. The Morgan fingerprint density at radius 1 is 1.14 bits per heavy atom. The number of para-hydroxylation sites is 1. The molecule has 1 amide bonds. The van der Waals surface area contributed by atoms with Gasteiger partial charge in [-0.1, -0.05) is 30.4 Å². The first-order valence-electron chi connectivity index (χ1n) is 10.7. The van der Waals surface area contributed by atoms with E-state index in [9.17, 15) is 14.9 Å². The summed E-state index contributed by atoms with van der Waals surface area (Å²) >= 11 is 1.45. The molecule has 5 rings (SSSR count). The number of carbonyl (C=O) groups excluding carboxylic acids is 1. The SMILES string of the molecule is CCc1nnc2sc(-c3ccc(NC(=O)/C=C/c4ccc(-c5ccccc5[N+](=O)[O-])o4)cc3)nn12. The zero-order valence-electron chi connectivity index (χ0n) is 18.4. The third-order valence-corrected chi connectivity index (χ3v) is 6.11. The zero-order valence-corrected chi connectivity index (χ0v) is 19.2. The monoisotopic (exact) mass is 486 g/mol. The van der Waals surface area contributed by atoms with Crippen molar-refractivity contribution in [3.05, 3.63) is 88.4 Å². The van der Waals surface area contributed by atoms with Gasteiger partial charge in [0.1, 0.15) is 16.5 Å². The summed E-state index contributed by atoms with van der Waals surface area (Å²) in [7, 11) is 0. The van der Waals surface area contributed by atoms with E-state index in [-0.39, 0.29) is 11.6 Å². The third kappa shape index (κ3) is 4.57. The Labute approximate surface area is 202 Å². The molecule has 35 heavy (non-hydrogen) atoms. The number of hydrogen-bond donors (Lipinski definition) is 1. The van der Waals surface area contributed by atoms with Gasteiger partial charge in [0.2, 0.25) is 10.9 Å². The number of aryl methyl sites for hydroxylation is 1. The number of aromatic nitrogens is 4. The fourth-order valence-corrected chi connectivity index (χ4v) is 4.32. The van der Waals surface area contributed by atoms with Crippen LogP contribution in [0.2, 0.25) is 0 Å². The molecular formula is C24H18N6O4S. The van der Waals surface area contributed by atoms with E-state index in [1.54, 1.807) is 47.0 Å². The molecule has 2 aromatic carbocycles. The van der Waals surface area contributed by atoms with Crippen molar-refractivity contribution in [1.29, 1.82) is 0 Å². The number of amides is 1. The minimum absolute atomic E-state index is 0.0483. The van der Waals surface area contributed by atoms with Crippen LogP contribution in [-0.2, 0) is 11.2 Å². The van der Waals surface area contributed by atoms with Crippen molar-refractivity contribution in [3.63, 3.8) is 0 Å². The molecule has 0 spiro atoms. The van der Waals surface area contributed by atoms with Crippen LogP contribution in [0.15, 0.2) is 71.2 Å². The molecule has 0 unspecified atom stereocenters. The maximum Gasteiger partial charge on any atom is 0.280 e. The lowest BCUT2D eigenvalue weighted by Gasteiger charge is -2.03. The van der Waals surface area contributed by atoms with Crippen molar-refractivity contribution in [1.82, 2.24) is 19.8 Å². The van der Waals surface area contributed by atoms with E-state index < -0.39 is 4.92 Å². The Morgan fingerprint density at radius 3 is 2.71 bits per heavy atom. The predicted molar refractivity (Wildman–Crippen MR) is 132 cm³/mol. The normalized spacial score (nSPS) is 11.3. The summed E-state index contributed by atoms with van der Waals surface area (Å²) in [6, 6.07) is 16.9. The number of hydrogen-bond acceptors (Lipinski definition) is 8. The first-order chi connectivity index (χ1) is 17.0. The number of rotatable bonds is 7. The number of anilines is 1. The molecule has 3 aromatic heterocycles. The third-order valence-electron chi connectivity index (χ3n) is 5.16. The maximum atomic E-state index is 12.4. The largest absolute Gasteiger partial charge is 0.456 e. The van der Waals surface area contributed by atoms with Gasteiger partial charge in [-0.25, -0.2) is 0 Å². The van der Waals surface area contributed by atoms with Gasteiger partial charge >= 0.3 is 0 Å². The van der Waals surface area contributed by atoms with Crippen LogP contribution in [0.4, 0.5) is 11.4 Å². The molecule has 0 aliphatic heterocycles. The molecule has 0 fully saturated rings. The van der Waals surface area contributed by atoms with Gasteiger partial charge in [-0.3, -0.25) is 14.9 Å². The minimum Gasteiger partial charge on any atom is -0.456 e. The maximum absolute atomic E-state index is 12.4. The van der Waals surface area contributed by atoms with Crippen LogP contribution < -0.4 is 5.32 Å². The van der Waals surface area contributed by atoms with Gasteiger partial charge in [-0.05, 0) is 48.5 Å². The first kappa shape index (κ1) is 22.2. The standard InChI is InChI=1S/C24H18N6O4S/c1-2-21-26-27-24-29(21)28-23(35-24)15-7-9-16(10-8-15)25-22(31)14-12-17-11-13-20(34-17)18-5-3-4-6-19(18)30(32)33/h3-14H,2H2,1H3,(H,25,31)/b14-12+. The topological polar surface area (TPSA) is 128 Å². The smallest absolute Gasteiger partial charge is 0.280 e. The molecule has 0 aliphatic carbocycles. The molecule has 0 atom stereocenters. The van der Waals surface area contributed by atoms with Crippen molar-refractivity contribution in [2.75, 3.05) is 5.32 Å². The number of nitro benzene ring substituents is 1. The highest BCUT2D eigenvalue weighted by molar-refractivity contribution is 7.19. The number of nitrogens with zero attached hydrogens (tertiary/aromatic N) is 5. The molecule has 1 N–H and O–H groups in total. The second-order valence-corrected chi connectivity index (χ2v) is 8.40. The fourth-order valence-electron chi connectivity index (χ4n) is 3.46. The molecule has 5 aromatic rings. The molecule has 0 radical (unpaired) electrons. The average molecular weight is 487 g/mol. The lowest BCUT2D eigenvalue weighted by Crippen LogP contribution is -2.07. The highest BCUT2D eigenvalue weighted by Crippen LogP contribution is 2.31. The fraction of sp³-hybridized carbons (Fsp3) is 0.0833. The summed E-state index contributed by atoms with van der Waals surface area (Å²) in [5.41, 5.74) is 1.86. The van der Waals surface area contributed by atoms with Crippen molar-refractivity contribution >= 4 is 39.7 Å². The van der Waals surface area contributed by atoms with Crippen LogP contribution in [0.25, 0.3) is 32.9 Å². The van der Waals surface area contributed by atoms with Gasteiger partial charge in [0, 0.05) is 29.8 Å². The summed E-state index contributed by atoms with van der Waals surface area (Å²) in [5.74, 6) is 1.22. The lowest BCUT2D eigenvalue weighted by molar-refractivity contribution is -0.384. The molecule has 0 saturated carbocycles. The molecule has 0 bridgehead atoms. The van der Waals surface area contributed by atoms with Gasteiger partial charge in [0.15, 0.2) is 5.82 Å². The molecule has 0 aliphatic rings. The Bertz CT molecular complexity index is 1560. The van der Waals surface area contributed by atoms with E-state index in [2.05, 4.69) is 20.6 Å².